The van der Waals surface area contributed by atoms with Gasteiger partial charge in [-0.25, -0.2) is 0 Å². The number of hydrogen-bond donors (Lipinski definition) is 3. The number of rotatable bonds is 7. The second-order valence-electron chi connectivity index (χ2n) is 6.43. The Bertz CT molecular complexity index is 943. The van der Waals surface area contributed by atoms with E-state index in [9.17, 15) is 14.4 Å². The zero-order chi connectivity index (χ0) is 22.3. The highest BCUT2D eigenvalue weighted by atomic mass is 35.5. The van der Waals surface area contributed by atoms with Gasteiger partial charge in [0.25, 0.3) is 5.91 Å². The highest BCUT2D eigenvalue weighted by Gasteiger charge is 2.11. The van der Waals surface area contributed by atoms with Crippen molar-refractivity contribution in [1.82, 2.24) is 10.9 Å². The molecule has 7 nitrogen and oxygen atoms in total. The lowest BCUT2D eigenvalue weighted by molar-refractivity contribution is -0.130. The van der Waals surface area contributed by atoms with Crippen LogP contribution in [0.5, 0.6) is 5.75 Å². The van der Waals surface area contributed by atoms with Crippen molar-refractivity contribution in [3.8, 4) is 5.75 Å². The van der Waals surface area contributed by atoms with E-state index < -0.39 is 17.7 Å². The molecule has 0 aromatic heterocycles. The fourth-order valence-corrected chi connectivity index (χ4v) is 2.97. The average Bonchev–Trinajstić information content (AvgIpc) is 2.69. The Morgan fingerprint density at radius 2 is 1.47 bits per heavy atom. The first kappa shape index (κ1) is 23.8. The van der Waals surface area contributed by atoms with E-state index >= 15 is 0 Å². The molecule has 30 heavy (non-hydrogen) atoms. The summed E-state index contributed by atoms with van der Waals surface area (Å²) in [7, 11) is 0. The number of nitrogens with one attached hydrogen (secondary N) is 3. The highest BCUT2D eigenvalue weighted by molar-refractivity contribution is 6.36. The molecule has 0 spiro atoms. The molecule has 0 aliphatic rings. The second kappa shape index (κ2) is 11.1. The summed E-state index contributed by atoms with van der Waals surface area (Å²) in [6.45, 7) is 3.37. The zero-order valence-corrected chi connectivity index (χ0v) is 18.5. The molecule has 2 aromatic rings. The molecular formula is C20H20Cl3N3O4. The molecule has 0 fully saturated rings. The summed E-state index contributed by atoms with van der Waals surface area (Å²) < 4.78 is 5.39. The Kier molecular flexibility index (Phi) is 8.77. The van der Waals surface area contributed by atoms with Crippen molar-refractivity contribution in [3.05, 3.63) is 56.5 Å². The van der Waals surface area contributed by atoms with Crippen molar-refractivity contribution in [3.63, 3.8) is 0 Å². The van der Waals surface area contributed by atoms with Crippen LogP contribution in [0.4, 0.5) is 5.69 Å². The van der Waals surface area contributed by atoms with Gasteiger partial charge in [-0.2, -0.15) is 0 Å². The number of amides is 3. The molecule has 0 saturated carbocycles. The molecule has 0 aliphatic carbocycles. The van der Waals surface area contributed by atoms with E-state index in [2.05, 4.69) is 16.2 Å². The Morgan fingerprint density at radius 1 is 0.867 bits per heavy atom. The third kappa shape index (κ3) is 7.40. The minimum absolute atomic E-state index is 0.0967. The van der Waals surface area contributed by atoms with Crippen LogP contribution in [0, 0.1) is 13.8 Å². The maximum absolute atomic E-state index is 11.9. The van der Waals surface area contributed by atoms with Crippen LogP contribution in [-0.4, -0.2) is 24.3 Å². The summed E-state index contributed by atoms with van der Waals surface area (Å²) in [6, 6.07) is 8.07. The fourth-order valence-electron chi connectivity index (χ4n) is 2.41. The Morgan fingerprint density at radius 3 is 2.10 bits per heavy atom. The molecule has 0 saturated heterocycles. The molecule has 10 heteroatoms. The van der Waals surface area contributed by atoms with Crippen LogP contribution in [0.1, 0.15) is 24.0 Å². The first-order chi connectivity index (χ1) is 14.2. The molecule has 0 heterocycles. The average molecular weight is 473 g/mol. The minimum atomic E-state index is -0.550. The van der Waals surface area contributed by atoms with Gasteiger partial charge >= 0.3 is 0 Å². The van der Waals surface area contributed by atoms with Gasteiger partial charge in [0, 0.05) is 22.9 Å². The SMILES string of the molecule is Cc1cc(OCC(=O)NNC(=O)CCC(=O)Nc2ccc(Cl)cc2Cl)cc(C)c1Cl. The van der Waals surface area contributed by atoms with E-state index in [0.717, 1.165) is 11.1 Å². The monoisotopic (exact) mass is 471 g/mol. The van der Waals surface area contributed by atoms with E-state index in [-0.39, 0.29) is 19.4 Å². The summed E-state index contributed by atoms with van der Waals surface area (Å²) in [5, 5.41) is 3.96. The summed E-state index contributed by atoms with van der Waals surface area (Å²) in [4.78, 5) is 35.6. The molecule has 2 aromatic carbocycles. The standard InChI is InChI=1S/C20H20Cl3N3O4/c1-11-7-14(8-12(2)20(11)23)30-10-19(29)26-25-18(28)6-5-17(27)24-16-4-3-13(21)9-15(16)22/h3-4,7-9H,5-6,10H2,1-2H3,(H,24,27)(H,25,28)(H,26,29). The highest BCUT2D eigenvalue weighted by Crippen LogP contribution is 2.26. The largest absolute Gasteiger partial charge is 0.484 e. The van der Waals surface area contributed by atoms with Crippen molar-refractivity contribution in [2.45, 2.75) is 26.7 Å². The molecule has 160 valence electrons. The van der Waals surface area contributed by atoms with E-state index in [1.807, 2.05) is 13.8 Å². The molecule has 0 aliphatic heterocycles. The van der Waals surface area contributed by atoms with Gasteiger partial charge < -0.3 is 10.1 Å². The van der Waals surface area contributed by atoms with Gasteiger partial charge in [0.2, 0.25) is 11.8 Å². The van der Waals surface area contributed by atoms with E-state index in [4.69, 9.17) is 39.5 Å². The van der Waals surface area contributed by atoms with E-state index in [1.165, 1.54) is 6.07 Å². The van der Waals surface area contributed by atoms with Crippen molar-refractivity contribution in [1.29, 1.82) is 0 Å². The molecule has 0 bridgehead atoms. The third-order valence-electron chi connectivity index (χ3n) is 3.91. The lowest BCUT2D eigenvalue weighted by atomic mass is 10.1. The number of carbonyl (C=O) groups excluding carboxylic acids is 3. The maximum atomic E-state index is 11.9. The van der Waals surface area contributed by atoms with Gasteiger partial charge in [-0.3, -0.25) is 25.2 Å². The Balaban J connectivity index is 1.70. The van der Waals surface area contributed by atoms with Crippen LogP contribution >= 0.6 is 34.8 Å². The summed E-state index contributed by atoms with van der Waals surface area (Å²) in [5.41, 5.74) is 6.51. The van der Waals surface area contributed by atoms with Gasteiger partial charge in [-0.05, 0) is 55.3 Å². The molecule has 0 unspecified atom stereocenters. The lowest BCUT2D eigenvalue weighted by Gasteiger charge is -2.11. The summed E-state index contributed by atoms with van der Waals surface area (Å²) in [6.07, 6.45) is -0.228. The van der Waals surface area contributed by atoms with Crippen LogP contribution in [0.2, 0.25) is 15.1 Å². The Labute approximate surface area is 189 Å². The van der Waals surface area contributed by atoms with Crippen LogP contribution < -0.4 is 20.9 Å². The predicted molar refractivity (Wildman–Crippen MR) is 117 cm³/mol. The quantitative estimate of drug-likeness (QED) is 0.526. The summed E-state index contributed by atoms with van der Waals surface area (Å²) in [5.74, 6) is -0.990. The van der Waals surface area contributed by atoms with Gasteiger partial charge in [-0.15, -0.1) is 0 Å². The van der Waals surface area contributed by atoms with E-state index in [1.54, 1.807) is 24.3 Å². The van der Waals surface area contributed by atoms with E-state index in [0.29, 0.717) is 26.5 Å². The normalized spacial score (nSPS) is 10.3. The second-order valence-corrected chi connectivity index (χ2v) is 7.65. The number of aryl methyl sites for hydroxylation is 2. The third-order valence-corrected chi connectivity index (χ3v) is 5.05. The van der Waals surface area contributed by atoms with Crippen molar-refractivity contribution >= 4 is 58.2 Å². The minimum Gasteiger partial charge on any atom is -0.484 e. The number of hydrogen-bond acceptors (Lipinski definition) is 4. The number of ether oxygens (including phenoxy) is 1. The predicted octanol–water partition coefficient (Wildman–Crippen LogP) is 4.21. The van der Waals surface area contributed by atoms with Crippen LogP contribution in [-0.2, 0) is 14.4 Å². The van der Waals surface area contributed by atoms with Crippen LogP contribution in [0.3, 0.4) is 0 Å². The van der Waals surface area contributed by atoms with Crippen molar-refractivity contribution < 1.29 is 19.1 Å². The molecule has 2 rings (SSSR count). The fraction of sp³-hybridized carbons (Fsp3) is 0.250. The van der Waals surface area contributed by atoms with Crippen molar-refractivity contribution in [2.24, 2.45) is 0 Å². The van der Waals surface area contributed by atoms with Gasteiger partial charge in [0.05, 0.1) is 10.7 Å². The first-order valence-electron chi connectivity index (χ1n) is 8.88. The molecule has 3 amide bonds. The maximum Gasteiger partial charge on any atom is 0.276 e. The van der Waals surface area contributed by atoms with Crippen molar-refractivity contribution in [2.75, 3.05) is 11.9 Å². The molecule has 0 radical (unpaired) electrons. The van der Waals surface area contributed by atoms with Crippen LogP contribution in [0.25, 0.3) is 0 Å². The molecule has 3 N–H and O–H groups in total. The Hall–Kier alpha value is -2.48. The lowest BCUT2D eigenvalue weighted by Crippen LogP contribution is -2.44. The topological polar surface area (TPSA) is 96.5 Å². The molecule has 0 atom stereocenters. The zero-order valence-electron chi connectivity index (χ0n) is 16.3. The number of halogens is 3. The first-order valence-corrected chi connectivity index (χ1v) is 10.0. The smallest absolute Gasteiger partial charge is 0.276 e. The van der Waals surface area contributed by atoms with Gasteiger partial charge in [-0.1, -0.05) is 34.8 Å². The number of benzene rings is 2. The molecular weight excluding hydrogens is 453 g/mol. The number of carbonyl (C=O) groups is 3. The number of hydrazine groups is 1. The van der Waals surface area contributed by atoms with Crippen LogP contribution in [0.15, 0.2) is 30.3 Å². The van der Waals surface area contributed by atoms with Gasteiger partial charge in [0.15, 0.2) is 6.61 Å². The summed E-state index contributed by atoms with van der Waals surface area (Å²) >= 11 is 17.9. The van der Waals surface area contributed by atoms with Gasteiger partial charge in [0.1, 0.15) is 5.75 Å². The number of anilines is 1.